The van der Waals surface area contributed by atoms with Crippen LogP contribution in [-0.2, 0) is 19.6 Å². The summed E-state index contributed by atoms with van der Waals surface area (Å²) in [6.45, 7) is 9.87. The zero-order valence-electron chi connectivity index (χ0n) is 48.4. The molecule has 416 valence electrons. The number of hydrogen-bond donors (Lipinski definition) is 0. The molecule has 0 aliphatic heterocycles. The van der Waals surface area contributed by atoms with Crippen molar-refractivity contribution in [3.63, 3.8) is 0 Å². The monoisotopic (exact) mass is 1150 g/mol. The molecule has 7 heteroatoms. The summed E-state index contributed by atoms with van der Waals surface area (Å²) in [6.07, 6.45) is 6.91. The molecule has 0 aliphatic carbocycles. The van der Waals surface area contributed by atoms with Crippen LogP contribution >= 0.6 is 34.0 Å². The fourth-order valence-corrected chi connectivity index (χ4v) is 15.3. The molecule has 15 aromatic rings. The topological polar surface area (TPSA) is 18.0 Å². The number of aryl methyl sites for hydroxylation is 3. The first-order valence-electron chi connectivity index (χ1n) is 30.4. The highest BCUT2D eigenvalue weighted by molar-refractivity contribution is 7.14. The quantitative estimate of drug-likeness (QED) is 0.0837. The number of benzene rings is 9. The third kappa shape index (κ3) is 9.69. The molecule has 0 radical (unpaired) electrons. The highest BCUT2D eigenvalue weighted by atomic mass is 32.1. The molecule has 9 aromatic carbocycles. The van der Waals surface area contributed by atoms with E-state index in [4.69, 9.17) is 0 Å². The van der Waals surface area contributed by atoms with E-state index >= 15 is 0 Å². The van der Waals surface area contributed by atoms with Crippen LogP contribution in [0.5, 0.6) is 0 Å². The predicted octanol–water partition coefficient (Wildman–Crippen LogP) is 24.1. The molecule has 0 fully saturated rings. The van der Waals surface area contributed by atoms with Gasteiger partial charge in [0.05, 0.1) is 0 Å². The minimum Gasteiger partial charge on any atom is -0.340 e. The number of anilines is 3. The Hall–Kier alpha value is -8.72. The Bertz CT molecular complexity index is 4370. The summed E-state index contributed by atoms with van der Waals surface area (Å²) in [5.41, 5.74) is 22.2. The second kappa shape index (κ2) is 22.7. The van der Waals surface area contributed by atoms with Crippen LogP contribution in [0.4, 0.5) is 17.1 Å². The summed E-state index contributed by atoms with van der Waals surface area (Å²) in [5, 5.41) is 14.4. The summed E-state index contributed by atoms with van der Waals surface area (Å²) in [4.78, 5) is 6.32. The van der Waals surface area contributed by atoms with Gasteiger partial charge in [0.2, 0.25) is 0 Å². The van der Waals surface area contributed by atoms with E-state index in [2.05, 4.69) is 274 Å². The third-order valence-electron chi connectivity index (χ3n) is 17.6. The van der Waals surface area contributed by atoms with Crippen molar-refractivity contribution < 1.29 is 0 Å². The molecule has 0 saturated carbocycles. The lowest BCUT2D eigenvalue weighted by Gasteiger charge is -2.26. The summed E-state index contributed by atoms with van der Waals surface area (Å²) in [6, 6.07) is 83.3. The van der Waals surface area contributed by atoms with Gasteiger partial charge in [0.1, 0.15) is 0 Å². The van der Waals surface area contributed by atoms with E-state index in [1.165, 1.54) is 130 Å². The summed E-state index contributed by atoms with van der Waals surface area (Å²) >= 11 is 5.41. The SMILES string of the molecule is CCCCn1c2ccc(-c3ccc(N(c4ccc(-c5ccc6c(c5)c5cc(-c7cccs7)ccc5n6CCCC)cc4)c4ccc(-c5ccc6c(c5)c5cc(-c7cccs7)ccc5n6CCCC)cc4)cc3)cc2c2cc(-c3cccs3)ccc21. The zero-order chi connectivity index (χ0) is 57.0. The Kier molecular flexibility index (Phi) is 14.2. The molecule has 0 unspecified atom stereocenters. The van der Waals surface area contributed by atoms with Crippen LogP contribution in [0.3, 0.4) is 0 Å². The van der Waals surface area contributed by atoms with Crippen molar-refractivity contribution in [2.75, 3.05) is 4.90 Å². The maximum absolute atomic E-state index is 2.54. The minimum atomic E-state index is 1.01. The van der Waals surface area contributed by atoms with Crippen molar-refractivity contribution in [3.05, 3.63) is 235 Å². The van der Waals surface area contributed by atoms with E-state index in [9.17, 15) is 0 Å². The van der Waals surface area contributed by atoms with Gasteiger partial charge in [-0.25, -0.2) is 0 Å². The maximum atomic E-state index is 2.54. The Morgan fingerprint density at radius 2 is 0.506 bits per heavy atom. The summed E-state index contributed by atoms with van der Waals surface area (Å²) in [5.74, 6) is 0. The van der Waals surface area contributed by atoms with E-state index < -0.39 is 0 Å². The van der Waals surface area contributed by atoms with Crippen molar-refractivity contribution in [1.29, 1.82) is 0 Å². The Labute approximate surface area is 509 Å². The molecule has 0 atom stereocenters. The normalized spacial score (nSPS) is 11.9. The van der Waals surface area contributed by atoms with Crippen molar-refractivity contribution in [2.45, 2.75) is 78.9 Å². The predicted molar refractivity (Wildman–Crippen MR) is 371 cm³/mol. The molecule has 0 bridgehead atoms. The molecule has 0 spiro atoms. The number of fused-ring (bicyclic) bond motifs is 9. The molecular formula is C78H66N4S3. The molecule has 0 amide bonds. The first-order chi connectivity index (χ1) is 42.0. The molecule has 15 rings (SSSR count). The summed E-state index contributed by atoms with van der Waals surface area (Å²) < 4.78 is 7.61. The van der Waals surface area contributed by atoms with Crippen LogP contribution in [-0.4, -0.2) is 13.7 Å². The molecule has 0 saturated heterocycles. The molecule has 85 heavy (non-hydrogen) atoms. The lowest BCUT2D eigenvalue weighted by molar-refractivity contribution is 0.665. The van der Waals surface area contributed by atoms with Crippen LogP contribution in [0.25, 0.3) is 130 Å². The van der Waals surface area contributed by atoms with Crippen molar-refractivity contribution in [1.82, 2.24) is 13.7 Å². The van der Waals surface area contributed by atoms with E-state index in [1.54, 1.807) is 34.0 Å². The zero-order valence-corrected chi connectivity index (χ0v) is 50.8. The van der Waals surface area contributed by atoms with Crippen LogP contribution in [0, 0.1) is 0 Å². The number of nitrogens with zero attached hydrogens (tertiary/aromatic N) is 4. The second-order valence-electron chi connectivity index (χ2n) is 22.8. The van der Waals surface area contributed by atoms with Crippen molar-refractivity contribution in [3.8, 4) is 64.7 Å². The van der Waals surface area contributed by atoms with Gasteiger partial charge >= 0.3 is 0 Å². The molecule has 6 aromatic heterocycles. The molecule has 4 nitrogen and oxygen atoms in total. The smallest absolute Gasteiger partial charge is 0.0491 e. The van der Waals surface area contributed by atoms with Gasteiger partial charge < -0.3 is 18.6 Å². The van der Waals surface area contributed by atoms with E-state index in [-0.39, 0.29) is 0 Å². The average Bonchev–Trinajstić information content (AvgIpc) is 1.97. The first-order valence-corrected chi connectivity index (χ1v) is 33.0. The van der Waals surface area contributed by atoms with Crippen molar-refractivity contribution >= 4 is 116 Å². The fourth-order valence-electron chi connectivity index (χ4n) is 13.2. The van der Waals surface area contributed by atoms with Gasteiger partial charge in [0, 0.05) is 117 Å². The molecular weight excluding hydrogens is 1090 g/mol. The van der Waals surface area contributed by atoms with Crippen LogP contribution in [0.15, 0.2) is 235 Å². The van der Waals surface area contributed by atoms with Gasteiger partial charge in [-0.2, -0.15) is 0 Å². The maximum Gasteiger partial charge on any atom is 0.0491 e. The highest BCUT2D eigenvalue weighted by Crippen LogP contribution is 2.43. The number of thiophene rings is 3. The van der Waals surface area contributed by atoms with E-state index in [0.29, 0.717) is 0 Å². The largest absolute Gasteiger partial charge is 0.340 e. The number of unbranched alkanes of at least 4 members (excludes halogenated alkanes) is 3. The van der Waals surface area contributed by atoms with Gasteiger partial charge in [-0.15, -0.1) is 34.0 Å². The van der Waals surface area contributed by atoms with Gasteiger partial charge in [-0.1, -0.05) is 131 Å². The standard InChI is InChI=1S/C78H66N4S3/c1-4-7-40-79-70-34-22-55(46-64(70)67-49-58(25-37-73(67)79)76-13-10-43-83-76)52-16-28-61(29-17-52)82(62-30-18-53(19-31-62)56-23-35-71-65(47-56)68-50-59(77-14-11-44-84-77)26-38-74(68)80(71)41-8-5-2)63-32-20-54(21-33-63)57-24-36-72-66(48-57)69-51-60(78-15-12-45-85-78)27-39-75(69)81(72)42-9-6-3/h10-39,43-51H,4-9,40-42H2,1-3H3. The van der Waals surface area contributed by atoms with Gasteiger partial charge in [-0.05, 0) is 213 Å². The Balaban J connectivity index is 0.811. The Morgan fingerprint density at radius 3 is 0.741 bits per heavy atom. The average molecular weight is 1160 g/mol. The van der Waals surface area contributed by atoms with Crippen molar-refractivity contribution in [2.24, 2.45) is 0 Å². The van der Waals surface area contributed by atoms with Gasteiger partial charge in [0.25, 0.3) is 0 Å². The second-order valence-corrected chi connectivity index (χ2v) is 25.7. The van der Waals surface area contributed by atoms with E-state index in [1.807, 2.05) is 0 Å². The number of aromatic nitrogens is 3. The summed E-state index contributed by atoms with van der Waals surface area (Å²) in [7, 11) is 0. The number of rotatable bonds is 18. The van der Waals surface area contributed by atoms with Crippen LogP contribution in [0.2, 0.25) is 0 Å². The Morgan fingerprint density at radius 1 is 0.271 bits per heavy atom. The highest BCUT2D eigenvalue weighted by Gasteiger charge is 2.20. The van der Waals surface area contributed by atoms with Crippen LogP contribution < -0.4 is 4.90 Å². The lowest BCUT2D eigenvalue weighted by Crippen LogP contribution is -2.09. The first kappa shape index (κ1) is 53.0. The van der Waals surface area contributed by atoms with Crippen LogP contribution in [0.1, 0.15) is 59.3 Å². The van der Waals surface area contributed by atoms with Gasteiger partial charge in [-0.3, -0.25) is 0 Å². The molecule has 0 aliphatic rings. The minimum absolute atomic E-state index is 1.01. The lowest BCUT2D eigenvalue weighted by atomic mass is 10.00. The molecule has 6 heterocycles. The van der Waals surface area contributed by atoms with E-state index in [0.717, 1.165) is 75.2 Å². The van der Waals surface area contributed by atoms with Gasteiger partial charge in [0.15, 0.2) is 0 Å². The number of hydrogen-bond acceptors (Lipinski definition) is 4. The fraction of sp³-hybridized carbons (Fsp3) is 0.154. The third-order valence-corrected chi connectivity index (χ3v) is 20.4. The molecule has 0 N–H and O–H groups in total.